The normalized spacial score (nSPS) is 15.7. The van der Waals surface area contributed by atoms with Crippen molar-refractivity contribution in [1.82, 2.24) is 4.90 Å². The summed E-state index contributed by atoms with van der Waals surface area (Å²) in [5.74, 6) is 1.25. The van der Waals surface area contributed by atoms with Gasteiger partial charge in [0.05, 0.1) is 6.61 Å². The van der Waals surface area contributed by atoms with Crippen LogP contribution in [0.2, 0.25) is 0 Å². The van der Waals surface area contributed by atoms with E-state index >= 15 is 0 Å². The number of hydrogen-bond acceptors (Lipinski definition) is 2. The van der Waals surface area contributed by atoms with Crippen molar-refractivity contribution in [3.63, 3.8) is 0 Å². The van der Waals surface area contributed by atoms with E-state index in [1.165, 1.54) is 0 Å². The molecule has 0 aromatic rings. The molecule has 0 saturated carbocycles. The van der Waals surface area contributed by atoms with Gasteiger partial charge in [0.15, 0.2) is 5.41 Å². The van der Waals surface area contributed by atoms with Gasteiger partial charge in [-0.2, -0.15) is 0 Å². The average Bonchev–Trinajstić information content (AvgIpc) is 2.13. The Kier molecular flexibility index (Phi) is 9.37. The molecule has 18 heavy (non-hydrogen) atoms. The maximum atomic E-state index is 14.2. The van der Waals surface area contributed by atoms with E-state index in [0.29, 0.717) is 25.0 Å². The summed E-state index contributed by atoms with van der Waals surface area (Å²) in [5, 5.41) is -1.33. The molecular formula is C14H31FNOP. The maximum absolute atomic E-state index is 14.2. The van der Waals surface area contributed by atoms with Crippen LogP contribution in [0.1, 0.15) is 40.5 Å². The largest absolute Gasteiger partial charge is 0.378 e. The highest BCUT2D eigenvalue weighted by atomic mass is 31.0. The summed E-state index contributed by atoms with van der Waals surface area (Å²) in [6.45, 7) is 10.8. The number of hydrogen-bond donors (Lipinski definition) is 0. The van der Waals surface area contributed by atoms with Crippen LogP contribution >= 0.6 is 9.24 Å². The lowest BCUT2D eigenvalue weighted by molar-refractivity contribution is 0.0436. The molecule has 0 amide bonds. The summed E-state index contributed by atoms with van der Waals surface area (Å²) < 4.78 is 19.6. The highest BCUT2D eigenvalue weighted by molar-refractivity contribution is 7.18. The molecule has 0 aliphatic carbocycles. The first kappa shape index (κ1) is 18.3. The van der Waals surface area contributed by atoms with Gasteiger partial charge in [-0.1, -0.05) is 36.9 Å². The molecular weight excluding hydrogens is 248 g/mol. The van der Waals surface area contributed by atoms with Gasteiger partial charge >= 0.3 is 0 Å². The summed E-state index contributed by atoms with van der Waals surface area (Å²) >= 11 is 0. The first-order chi connectivity index (χ1) is 8.23. The molecule has 0 spiro atoms. The van der Waals surface area contributed by atoms with Crippen LogP contribution in [-0.2, 0) is 4.74 Å². The zero-order valence-corrected chi connectivity index (χ0v) is 13.9. The van der Waals surface area contributed by atoms with Crippen molar-refractivity contribution in [3.8, 4) is 0 Å². The first-order valence-electron chi connectivity index (χ1n) is 6.97. The summed E-state index contributed by atoms with van der Waals surface area (Å²) in [6, 6.07) is 0. The Morgan fingerprint density at radius 3 is 2.33 bits per heavy atom. The van der Waals surface area contributed by atoms with Crippen molar-refractivity contribution in [2.75, 3.05) is 33.4 Å². The third-order valence-corrected chi connectivity index (χ3v) is 2.97. The number of ether oxygens (including phenoxy) is 1. The average molecular weight is 279 g/mol. The second kappa shape index (κ2) is 9.23. The Balaban J connectivity index is 3.72. The molecule has 0 radical (unpaired) electrons. The van der Waals surface area contributed by atoms with Gasteiger partial charge in [-0.05, 0) is 31.7 Å². The van der Waals surface area contributed by atoms with E-state index in [1.54, 1.807) is 0 Å². The highest BCUT2D eigenvalue weighted by Crippen LogP contribution is 2.22. The van der Waals surface area contributed by atoms with E-state index in [4.69, 9.17) is 4.74 Å². The molecule has 2 nitrogen and oxygen atoms in total. The smallest absolute Gasteiger partial charge is 0.159 e. The number of rotatable bonds is 10. The lowest BCUT2D eigenvalue weighted by Crippen LogP contribution is -2.38. The lowest BCUT2D eigenvalue weighted by Gasteiger charge is -2.27. The van der Waals surface area contributed by atoms with E-state index < -0.39 is 5.41 Å². The van der Waals surface area contributed by atoms with E-state index in [1.807, 2.05) is 11.9 Å². The minimum Gasteiger partial charge on any atom is -0.378 e. The Labute approximate surface area is 115 Å². The molecule has 2 unspecified atom stereocenters. The van der Waals surface area contributed by atoms with Crippen LogP contribution < -0.4 is 0 Å². The van der Waals surface area contributed by atoms with E-state index in [2.05, 4.69) is 36.9 Å². The molecule has 0 rings (SSSR count). The fraction of sp³-hybridized carbons (Fsp3) is 1.00. The van der Waals surface area contributed by atoms with Gasteiger partial charge in [0.25, 0.3) is 0 Å². The van der Waals surface area contributed by atoms with Crippen molar-refractivity contribution in [3.05, 3.63) is 0 Å². The summed E-state index contributed by atoms with van der Waals surface area (Å²) in [7, 11) is 4.25. The van der Waals surface area contributed by atoms with Gasteiger partial charge in [-0.15, -0.1) is 0 Å². The predicted octanol–water partition coefficient (Wildman–Crippen LogP) is 3.57. The molecule has 0 aromatic heterocycles. The van der Waals surface area contributed by atoms with Crippen LogP contribution in [0.25, 0.3) is 0 Å². The van der Waals surface area contributed by atoms with E-state index in [9.17, 15) is 4.39 Å². The second-order valence-corrected chi connectivity index (χ2v) is 7.25. The minimum atomic E-state index is -1.33. The predicted molar refractivity (Wildman–Crippen MR) is 80.8 cm³/mol. The zero-order valence-electron chi connectivity index (χ0n) is 12.7. The molecule has 0 bridgehead atoms. The van der Waals surface area contributed by atoms with Crippen LogP contribution in [0, 0.1) is 11.8 Å². The fourth-order valence-electron chi connectivity index (χ4n) is 2.02. The Hall–Kier alpha value is 0.280. The third kappa shape index (κ3) is 11.4. The zero-order chi connectivity index (χ0) is 14.2. The van der Waals surface area contributed by atoms with Crippen molar-refractivity contribution in [1.29, 1.82) is 0 Å². The monoisotopic (exact) mass is 279 g/mol. The summed E-state index contributed by atoms with van der Waals surface area (Å²) in [4.78, 5) is 2.02. The molecule has 2 atom stereocenters. The minimum absolute atomic E-state index is 0.165. The molecule has 0 heterocycles. The van der Waals surface area contributed by atoms with Gasteiger partial charge in [-0.25, -0.2) is 4.39 Å². The van der Waals surface area contributed by atoms with Crippen LogP contribution in [0.4, 0.5) is 4.39 Å². The van der Waals surface area contributed by atoms with Gasteiger partial charge < -0.3 is 9.64 Å². The molecule has 0 saturated heterocycles. The topological polar surface area (TPSA) is 12.5 Å². The van der Waals surface area contributed by atoms with Gasteiger partial charge in [-0.3, -0.25) is 0 Å². The van der Waals surface area contributed by atoms with Crippen molar-refractivity contribution in [2.45, 2.75) is 45.9 Å². The van der Waals surface area contributed by atoms with Crippen molar-refractivity contribution in [2.24, 2.45) is 11.8 Å². The molecule has 0 aromatic carbocycles. The first-order valence-corrected chi connectivity index (χ1v) is 7.55. The Bertz CT molecular complexity index is 210. The van der Waals surface area contributed by atoms with Gasteiger partial charge in [0, 0.05) is 19.7 Å². The highest BCUT2D eigenvalue weighted by Gasteiger charge is 2.25. The molecule has 4 heteroatoms. The van der Waals surface area contributed by atoms with Gasteiger partial charge in [0.2, 0.25) is 0 Å². The van der Waals surface area contributed by atoms with Crippen LogP contribution in [0.3, 0.4) is 0 Å². The molecule has 110 valence electrons. The number of alkyl halides is 1. The molecule has 0 aliphatic heterocycles. The van der Waals surface area contributed by atoms with Crippen LogP contribution in [-0.4, -0.2) is 43.7 Å². The van der Waals surface area contributed by atoms with E-state index in [0.717, 1.165) is 19.4 Å². The number of nitrogens with zero attached hydrogens (tertiary/aromatic N) is 1. The van der Waals surface area contributed by atoms with Crippen LogP contribution in [0.5, 0.6) is 0 Å². The SMILES string of the molecule is CC(C)CCCOCC(F)(P)CN(C)CC(C)C. The summed E-state index contributed by atoms with van der Waals surface area (Å²) in [5.41, 5.74) is 0. The third-order valence-electron chi connectivity index (χ3n) is 2.62. The molecule has 0 aliphatic rings. The van der Waals surface area contributed by atoms with E-state index in [-0.39, 0.29) is 6.61 Å². The Morgan fingerprint density at radius 1 is 1.22 bits per heavy atom. The standard InChI is InChI=1S/C14H31FNOP/c1-12(2)7-6-8-17-11-14(15,18)10-16(5)9-13(3)4/h12-13H,6-11,18H2,1-5H3. The lowest BCUT2D eigenvalue weighted by atomic mass is 10.1. The van der Waals surface area contributed by atoms with Crippen molar-refractivity contribution >= 4 is 9.24 Å². The molecule has 0 N–H and O–H groups in total. The fourth-order valence-corrected chi connectivity index (χ4v) is 2.45. The number of halogens is 1. The Morgan fingerprint density at radius 2 is 1.83 bits per heavy atom. The van der Waals surface area contributed by atoms with Crippen LogP contribution in [0.15, 0.2) is 0 Å². The summed E-state index contributed by atoms with van der Waals surface area (Å²) in [6.07, 6.45) is 2.16. The van der Waals surface area contributed by atoms with Gasteiger partial charge in [0.1, 0.15) is 0 Å². The second-order valence-electron chi connectivity index (χ2n) is 6.21. The maximum Gasteiger partial charge on any atom is 0.159 e. The quantitative estimate of drug-likeness (QED) is 0.448. The van der Waals surface area contributed by atoms with Crippen molar-refractivity contribution < 1.29 is 9.13 Å². The molecule has 0 fully saturated rings.